The smallest absolute Gasteiger partial charge is 0.435 e. The molecule has 1 aliphatic carbocycles. The summed E-state index contributed by atoms with van der Waals surface area (Å²) in [6.07, 6.45) is -0.432. The van der Waals surface area contributed by atoms with E-state index in [0.717, 1.165) is 4.57 Å². The largest absolute Gasteiger partial charge is 0.497 e. The van der Waals surface area contributed by atoms with Crippen molar-refractivity contribution in [3.63, 3.8) is 0 Å². The molecule has 0 radical (unpaired) electrons. The van der Waals surface area contributed by atoms with Crippen LogP contribution in [-0.4, -0.2) is 36.7 Å². The normalized spacial score (nSPS) is 18.7. The topological polar surface area (TPSA) is 88.7 Å². The van der Waals surface area contributed by atoms with Gasteiger partial charge in [-0.3, -0.25) is 4.57 Å². The van der Waals surface area contributed by atoms with Gasteiger partial charge in [0.2, 0.25) is 5.66 Å². The summed E-state index contributed by atoms with van der Waals surface area (Å²) in [6.45, 7) is 0. The van der Waals surface area contributed by atoms with Crippen LogP contribution in [0.3, 0.4) is 0 Å². The van der Waals surface area contributed by atoms with Gasteiger partial charge in [0.15, 0.2) is 0 Å². The number of ether oxygens (including phenoxy) is 2. The minimum atomic E-state index is -5.00. The number of para-hydroxylation sites is 1. The Morgan fingerprint density at radius 1 is 1.06 bits per heavy atom. The average molecular weight is 480 g/mol. The molecule has 7 nitrogen and oxygen atoms in total. The lowest BCUT2D eigenvalue weighted by Crippen LogP contribution is -2.66. The fourth-order valence-corrected chi connectivity index (χ4v) is 4.59. The monoisotopic (exact) mass is 480 g/mol. The highest BCUT2D eigenvalue weighted by molar-refractivity contribution is 6.13. The Hall–Kier alpha value is -4.34. The van der Waals surface area contributed by atoms with E-state index in [-0.39, 0.29) is 33.2 Å². The number of fused-ring (bicyclic) bond motifs is 3. The van der Waals surface area contributed by atoms with E-state index in [9.17, 15) is 4.79 Å². The Kier molecular flexibility index (Phi) is 5.04. The van der Waals surface area contributed by atoms with Gasteiger partial charge in [-0.25, -0.2) is 4.79 Å². The summed E-state index contributed by atoms with van der Waals surface area (Å²) >= 11 is 0. The predicted octanol–water partition coefficient (Wildman–Crippen LogP) is 3.50. The highest BCUT2D eigenvalue weighted by Gasteiger charge is 2.62. The van der Waals surface area contributed by atoms with Gasteiger partial charge >= 0.3 is 12.2 Å². The number of alkyl halides is 3. The van der Waals surface area contributed by atoms with Crippen molar-refractivity contribution >= 4 is 17.8 Å². The number of halogens is 3. The number of amides is 2. The molecule has 3 aromatic rings. The van der Waals surface area contributed by atoms with Gasteiger partial charge in [0, 0.05) is 21.9 Å². The highest BCUT2D eigenvalue weighted by Crippen LogP contribution is 2.45. The Balaban J connectivity index is 2.01. The third-order valence-electron chi connectivity index (χ3n) is 6.09. The molecule has 2 aliphatic rings. The van der Waals surface area contributed by atoms with Crippen molar-refractivity contribution in [1.29, 1.82) is 5.41 Å². The maximum atomic E-state index is 15.2. The van der Waals surface area contributed by atoms with E-state index in [1.807, 2.05) is 0 Å². The van der Waals surface area contributed by atoms with Crippen molar-refractivity contribution in [2.75, 3.05) is 14.2 Å². The number of hydrogen-bond donors (Lipinski definition) is 2. The molecule has 35 heavy (non-hydrogen) atoms. The van der Waals surface area contributed by atoms with E-state index in [1.54, 1.807) is 36.4 Å². The van der Waals surface area contributed by atoms with Crippen molar-refractivity contribution in [1.82, 2.24) is 9.88 Å². The molecule has 1 aromatic heterocycles. The maximum absolute atomic E-state index is 15.2. The van der Waals surface area contributed by atoms with Gasteiger partial charge in [-0.1, -0.05) is 36.4 Å². The van der Waals surface area contributed by atoms with Crippen LogP contribution in [0, 0.1) is 5.41 Å². The Morgan fingerprint density at radius 2 is 1.77 bits per heavy atom. The summed E-state index contributed by atoms with van der Waals surface area (Å²) in [5, 5.41) is 10.9. The Morgan fingerprint density at radius 3 is 2.43 bits per heavy atom. The van der Waals surface area contributed by atoms with Crippen LogP contribution in [0.1, 0.15) is 11.1 Å². The van der Waals surface area contributed by atoms with Crippen molar-refractivity contribution in [3.8, 4) is 22.8 Å². The molecule has 0 saturated heterocycles. The molecule has 1 unspecified atom stereocenters. The quantitative estimate of drug-likeness (QED) is 0.599. The molecule has 10 heteroatoms. The fraction of sp³-hybridized carbons (Fsp3) is 0.160. The van der Waals surface area contributed by atoms with Gasteiger partial charge in [-0.05, 0) is 30.3 Å². The lowest BCUT2D eigenvalue weighted by atomic mass is 9.95. The zero-order valence-electron chi connectivity index (χ0n) is 18.6. The van der Waals surface area contributed by atoms with E-state index in [1.165, 1.54) is 44.6 Å². The number of nitrogens with zero attached hydrogens (tertiary/aromatic N) is 2. The van der Waals surface area contributed by atoms with Crippen LogP contribution < -0.4 is 25.5 Å². The first-order chi connectivity index (χ1) is 16.7. The summed E-state index contributed by atoms with van der Waals surface area (Å²) in [6, 6.07) is 10.7. The van der Waals surface area contributed by atoms with Crippen LogP contribution >= 0.6 is 0 Å². The van der Waals surface area contributed by atoms with Crippen LogP contribution in [-0.2, 0) is 5.66 Å². The standard InChI is InChI=1S/C25H19F3N4O3/c1-34-15-12-10-14(11-13-15)24(25(26,27)28)31-23(33)30-22-17-7-5-8-18(29)20(17)21(32(22)24)16-6-3-4-9-19(16)35-2/h3-13,29H,1-2H3,(H,31,33). The molecule has 5 rings (SSSR count). The number of hydrogen-bond acceptors (Lipinski definition) is 4. The molecule has 1 atom stereocenters. The first-order valence-electron chi connectivity index (χ1n) is 10.5. The van der Waals surface area contributed by atoms with E-state index in [0.29, 0.717) is 17.1 Å². The second-order valence-corrected chi connectivity index (χ2v) is 7.91. The molecular formula is C25H19F3N4O3. The number of methoxy groups -OCH3 is 2. The van der Waals surface area contributed by atoms with Crippen LogP contribution in [0.25, 0.3) is 17.3 Å². The molecular weight excluding hydrogens is 461 g/mol. The molecule has 0 fully saturated rings. The molecule has 1 aliphatic heterocycles. The summed E-state index contributed by atoms with van der Waals surface area (Å²) < 4.78 is 57.3. The van der Waals surface area contributed by atoms with Gasteiger partial charge in [-0.15, -0.1) is 0 Å². The highest BCUT2D eigenvalue weighted by atomic mass is 19.4. The second kappa shape index (κ2) is 7.86. The number of nitrogens with one attached hydrogen (secondary N) is 2. The second-order valence-electron chi connectivity index (χ2n) is 7.91. The number of carbonyl (C=O) groups excluding carboxylic acids is 1. The first-order valence-corrected chi connectivity index (χ1v) is 10.5. The maximum Gasteiger partial charge on any atom is 0.435 e. The predicted molar refractivity (Wildman–Crippen MR) is 122 cm³/mol. The van der Waals surface area contributed by atoms with Crippen molar-refractivity contribution in [2.45, 2.75) is 11.8 Å². The van der Waals surface area contributed by atoms with Crippen LogP contribution in [0.2, 0.25) is 0 Å². The molecule has 2 heterocycles. The van der Waals surface area contributed by atoms with Gasteiger partial charge in [0.1, 0.15) is 17.0 Å². The van der Waals surface area contributed by atoms with E-state index in [4.69, 9.17) is 14.9 Å². The van der Waals surface area contributed by atoms with Gasteiger partial charge in [0.25, 0.3) is 0 Å². The molecule has 0 spiro atoms. The molecule has 0 bridgehead atoms. The van der Waals surface area contributed by atoms with E-state index < -0.39 is 17.9 Å². The third-order valence-corrected chi connectivity index (χ3v) is 6.09. The number of rotatable bonds is 4. The SMILES string of the molecule is COc1ccc(C2(C(F)(F)F)NC(=O)N=c3c4c(c(-c5ccccc5OC)n32)C(=N)C=CC=4)cc1. The zero-order valence-corrected chi connectivity index (χ0v) is 18.6. The minimum absolute atomic E-state index is 0.0150. The van der Waals surface area contributed by atoms with Crippen molar-refractivity contribution in [3.05, 3.63) is 82.5 Å². The van der Waals surface area contributed by atoms with Gasteiger partial charge < -0.3 is 20.2 Å². The van der Waals surface area contributed by atoms with E-state index in [2.05, 4.69) is 10.3 Å². The summed E-state index contributed by atoms with van der Waals surface area (Å²) in [4.78, 5) is 16.6. The molecule has 2 N–H and O–H groups in total. The Labute approximate surface area is 197 Å². The first kappa shape index (κ1) is 22.5. The van der Waals surface area contributed by atoms with Gasteiger partial charge in [-0.2, -0.15) is 18.2 Å². The molecule has 2 amide bonds. The van der Waals surface area contributed by atoms with Crippen molar-refractivity contribution in [2.24, 2.45) is 4.99 Å². The lowest BCUT2D eigenvalue weighted by molar-refractivity contribution is -0.208. The molecule has 178 valence electrons. The molecule has 0 saturated carbocycles. The lowest BCUT2D eigenvalue weighted by Gasteiger charge is -2.40. The number of carbonyl (C=O) groups is 1. The number of benzene rings is 2. The fourth-order valence-electron chi connectivity index (χ4n) is 4.59. The zero-order chi connectivity index (χ0) is 25.0. The Bertz CT molecular complexity index is 1520. The minimum Gasteiger partial charge on any atom is -0.497 e. The number of urea groups is 1. The average Bonchev–Trinajstić information content (AvgIpc) is 3.18. The number of aromatic nitrogens is 1. The third kappa shape index (κ3) is 3.17. The van der Waals surface area contributed by atoms with Gasteiger partial charge in [0.05, 0.1) is 25.6 Å². The summed E-state index contributed by atoms with van der Waals surface area (Å²) in [5.74, 6) is 0.662. The van der Waals surface area contributed by atoms with E-state index >= 15 is 13.2 Å². The van der Waals surface area contributed by atoms with Crippen LogP contribution in [0.5, 0.6) is 11.5 Å². The van der Waals surface area contributed by atoms with Crippen LogP contribution in [0.15, 0.2) is 65.7 Å². The van der Waals surface area contributed by atoms with Crippen molar-refractivity contribution < 1.29 is 27.4 Å². The summed E-state index contributed by atoms with van der Waals surface area (Å²) in [5.41, 5.74) is -2.90. The number of allylic oxidation sites excluding steroid dienone is 2. The van der Waals surface area contributed by atoms with Crippen LogP contribution in [0.4, 0.5) is 18.0 Å². The molecule has 2 aromatic carbocycles. The summed E-state index contributed by atoms with van der Waals surface area (Å²) in [7, 11) is 2.82.